The first kappa shape index (κ1) is 16.4. The van der Waals surface area contributed by atoms with Crippen molar-refractivity contribution in [3.63, 3.8) is 0 Å². The predicted octanol–water partition coefficient (Wildman–Crippen LogP) is 3.58. The van der Waals surface area contributed by atoms with Crippen LogP contribution >= 0.6 is 0 Å². The second-order valence-corrected chi connectivity index (χ2v) is 5.28. The summed E-state index contributed by atoms with van der Waals surface area (Å²) in [6.07, 6.45) is 7.58. The summed E-state index contributed by atoms with van der Waals surface area (Å²) in [6, 6.07) is 0.277. The maximum Gasteiger partial charge on any atom is 0.323 e. The van der Waals surface area contributed by atoms with E-state index in [-0.39, 0.29) is 6.04 Å². The Morgan fingerprint density at radius 3 is 2.35 bits per heavy atom. The molecule has 2 unspecified atom stereocenters. The second-order valence-electron chi connectivity index (χ2n) is 5.28. The molecule has 0 aromatic rings. The van der Waals surface area contributed by atoms with Gasteiger partial charge in [0.15, 0.2) is 0 Å². The van der Waals surface area contributed by atoms with Gasteiger partial charge in [-0.25, -0.2) is 0 Å². The third kappa shape index (κ3) is 6.67. The summed E-state index contributed by atoms with van der Waals surface area (Å²) in [4.78, 5) is 11.3. The molecule has 17 heavy (non-hydrogen) atoms. The third-order valence-corrected chi connectivity index (χ3v) is 3.28. The largest absolute Gasteiger partial charge is 0.480 e. The van der Waals surface area contributed by atoms with Gasteiger partial charge in [-0.05, 0) is 26.7 Å². The minimum atomic E-state index is -0.765. The van der Waals surface area contributed by atoms with E-state index in [1.54, 1.807) is 6.92 Å². The van der Waals surface area contributed by atoms with Crippen LogP contribution in [0.5, 0.6) is 0 Å². The van der Waals surface area contributed by atoms with Crippen LogP contribution in [0.4, 0.5) is 0 Å². The van der Waals surface area contributed by atoms with Crippen LogP contribution in [0.25, 0.3) is 0 Å². The zero-order valence-corrected chi connectivity index (χ0v) is 11.9. The Balaban J connectivity index is 4.04. The Labute approximate surface area is 106 Å². The molecule has 0 aliphatic rings. The van der Waals surface area contributed by atoms with Crippen molar-refractivity contribution < 1.29 is 9.90 Å². The van der Waals surface area contributed by atoms with Gasteiger partial charge in [0.1, 0.15) is 5.54 Å². The van der Waals surface area contributed by atoms with Gasteiger partial charge in [-0.15, -0.1) is 0 Å². The van der Waals surface area contributed by atoms with Crippen molar-refractivity contribution in [2.45, 2.75) is 84.2 Å². The summed E-state index contributed by atoms with van der Waals surface area (Å²) < 4.78 is 0. The van der Waals surface area contributed by atoms with Crippen LogP contribution in [-0.4, -0.2) is 22.7 Å². The molecule has 0 spiro atoms. The Bertz CT molecular complexity index is 218. The number of rotatable bonds is 10. The SMILES string of the molecule is CCCCCCC(C)NC(C)(CCC)C(=O)O. The van der Waals surface area contributed by atoms with Crippen molar-refractivity contribution in [1.29, 1.82) is 0 Å². The van der Waals surface area contributed by atoms with E-state index >= 15 is 0 Å². The summed E-state index contributed by atoms with van der Waals surface area (Å²) >= 11 is 0. The molecule has 0 aromatic carbocycles. The number of nitrogens with one attached hydrogen (secondary N) is 1. The highest BCUT2D eigenvalue weighted by molar-refractivity contribution is 5.78. The highest BCUT2D eigenvalue weighted by Crippen LogP contribution is 2.15. The molecule has 0 fully saturated rings. The molecule has 0 aliphatic carbocycles. The monoisotopic (exact) mass is 243 g/mol. The summed E-state index contributed by atoms with van der Waals surface area (Å²) in [5.74, 6) is -0.736. The van der Waals surface area contributed by atoms with E-state index in [1.807, 2.05) is 6.92 Å². The van der Waals surface area contributed by atoms with E-state index in [9.17, 15) is 9.90 Å². The Morgan fingerprint density at radius 1 is 1.24 bits per heavy atom. The van der Waals surface area contributed by atoms with Gasteiger partial charge in [-0.3, -0.25) is 10.1 Å². The lowest BCUT2D eigenvalue weighted by Crippen LogP contribution is -2.53. The van der Waals surface area contributed by atoms with Crippen LogP contribution < -0.4 is 5.32 Å². The van der Waals surface area contributed by atoms with Crippen LogP contribution in [0.15, 0.2) is 0 Å². The van der Waals surface area contributed by atoms with Crippen molar-refractivity contribution in [2.24, 2.45) is 0 Å². The van der Waals surface area contributed by atoms with Gasteiger partial charge < -0.3 is 5.11 Å². The molecule has 0 bridgehead atoms. The van der Waals surface area contributed by atoms with Gasteiger partial charge in [-0.1, -0.05) is 46.0 Å². The first-order valence-corrected chi connectivity index (χ1v) is 6.97. The molecule has 0 rings (SSSR count). The highest BCUT2D eigenvalue weighted by Gasteiger charge is 2.32. The van der Waals surface area contributed by atoms with E-state index in [1.165, 1.54) is 25.7 Å². The molecule has 3 nitrogen and oxygen atoms in total. The second kappa shape index (κ2) is 8.51. The highest BCUT2D eigenvalue weighted by atomic mass is 16.4. The van der Waals surface area contributed by atoms with Crippen LogP contribution in [0.1, 0.15) is 72.6 Å². The molecule has 0 heterocycles. The van der Waals surface area contributed by atoms with E-state index in [0.717, 1.165) is 12.8 Å². The topological polar surface area (TPSA) is 49.3 Å². The number of aliphatic carboxylic acids is 1. The lowest BCUT2D eigenvalue weighted by molar-refractivity contribution is -0.144. The van der Waals surface area contributed by atoms with Crippen LogP contribution in [0.3, 0.4) is 0 Å². The van der Waals surface area contributed by atoms with Gasteiger partial charge in [-0.2, -0.15) is 0 Å². The number of hydrogen-bond donors (Lipinski definition) is 2. The fourth-order valence-corrected chi connectivity index (χ4v) is 2.23. The minimum absolute atomic E-state index is 0.277. The summed E-state index contributed by atoms with van der Waals surface area (Å²) in [6.45, 7) is 8.10. The predicted molar refractivity (Wildman–Crippen MR) is 72.3 cm³/mol. The van der Waals surface area contributed by atoms with Crippen molar-refractivity contribution in [3.8, 4) is 0 Å². The number of carboxylic acids is 1. The van der Waals surface area contributed by atoms with E-state index < -0.39 is 11.5 Å². The van der Waals surface area contributed by atoms with Crippen LogP contribution in [0, 0.1) is 0 Å². The van der Waals surface area contributed by atoms with Crippen molar-refractivity contribution in [2.75, 3.05) is 0 Å². The molecule has 0 saturated carbocycles. The fourth-order valence-electron chi connectivity index (χ4n) is 2.23. The molecular weight excluding hydrogens is 214 g/mol. The molecule has 0 aromatic heterocycles. The molecule has 2 N–H and O–H groups in total. The molecule has 0 radical (unpaired) electrons. The molecule has 0 aliphatic heterocycles. The average Bonchev–Trinajstić information content (AvgIpc) is 2.24. The molecule has 102 valence electrons. The number of hydrogen-bond acceptors (Lipinski definition) is 2. The normalized spacial score (nSPS) is 16.5. The van der Waals surface area contributed by atoms with E-state index in [4.69, 9.17) is 0 Å². The smallest absolute Gasteiger partial charge is 0.323 e. The molecule has 2 atom stereocenters. The van der Waals surface area contributed by atoms with Gasteiger partial charge in [0.2, 0.25) is 0 Å². The molecule has 0 amide bonds. The van der Waals surface area contributed by atoms with Gasteiger partial charge in [0.25, 0.3) is 0 Å². The lowest BCUT2D eigenvalue weighted by Gasteiger charge is -2.29. The summed E-state index contributed by atoms with van der Waals surface area (Å²) in [5.41, 5.74) is -0.765. The Kier molecular flexibility index (Phi) is 8.23. The van der Waals surface area contributed by atoms with Crippen LogP contribution in [0.2, 0.25) is 0 Å². The zero-order chi connectivity index (χ0) is 13.3. The number of unbranched alkanes of at least 4 members (excludes halogenated alkanes) is 3. The molecule has 3 heteroatoms. The van der Waals surface area contributed by atoms with E-state index in [2.05, 4.69) is 19.2 Å². The Morgan fingerprint density at radius 2 is 1.88 bits per heavy atom. The van der Waals surface area contributed by atoms with Gasteiger partial charge in [0.05, 0.1) is 0 Å². The fraction of sp³-hybridized carbons (Fsp3) is 0.929. The van der Waals surface area contributed by atoms with Crippen molar-refractivity contribution >= 4 is 5.97 Å². The maximum atomic E-state index is 11.3. The van der Waals surface area contributed by atoms with Crippen molar-refractivity contribution in [3.05, 3.63) is 0 Å². The number of carboxylic acid groups (broad SMARTS) is 1. The standard InChI is InChI=1S/C14H29NO2/c1-5-7-8-9-10-12(3)15-14(4,11-6-2)13(16)17/h12,15H,5-11H2,1-4H3,(H,16,17). The maximum absolute atomic E-state index is 11.3. The summed E-state index contributed by atoms with van der Waals surface area (Å²) in [5, 5.41) is 12.5. The first-order valence-electron chi connectivity index (χ1n) is 6.97. The first-order chi connectivity index (χ1) is 7.96. The van der Waals surface area contributed by atoms with Gasteiger partial charge in [0, 0.05) is 6.04 Å². The summed E-state index contributed by atoms with van der Waals surface area (Å²) in [7, 11) is 0. The quantitative estimate of drug-likeness (QED) is 0.577. The number of carbonyl (C=O) groups is 1. The van der Waals surface area contributed by atoms with Crippen LogP contribution in [-0.2, 0) is 4.79 Å². The Hall–Kier alpha value is -0.570. The third-order valence-electron chi connectivity index (χ3n) is 3.28. The zero-order valence-electron chi connectivity index (χ0n) is 11.9. The van der Waals surface area contributed by atoms with E-state index in [0.29, 0.717) is 6.42 Å². The molecule has 0 saturated heterocycles. The lowest BCUT2D eigenvalue weighted by atomic mass is 9.94. The van der Waals surface area contributed by atoms with Gasteiger partial charge >= 0.3 is 5.97 Å². The minimum Gasteiger partial charge on any atom is -0.480 e. The molecular formula is C14H29NO2. The van der Waals surface area contributed by atoms with Crippen molar-refractivity contribution in [1.82, 2.24) is 5.32 Å². The average molecular weight is 243 g/mol.